The topological polar surface area (TPSA) is 83.0 Å². The number of rotatable bonds is 4. The largest absolute Gasteiger partial charge is 0.454 e. The fourth-order valence-electron chi connectivity index (χ4n) is 1.74. The molecule has 1 aromatic carbocycles. The Balaban J connectivity index is 2.12. The van der Waals surface area contributed by atoms with E-state index in [9.17, 15) is 13.6 Å². The lowest BCUT2D eigenvalue weighted by Crippen LogP contribution is -2.13. The predicted octanol–water partition coefficient (Wildman–Crippen LogP) is 2.08. The highest BCUT2D eigenvalue weighted by Gasteiger charge is 2.18. The number of hydrogen-bond acceptors (Lipinski definition) is 5. The van der Waals surface area contributed by atoms with Gasteiger partial charge in [0.1, 0.15) is 18.0 Å². The van der Waals surface area contributed by atoms with E-state index < -0.39 is 23.2 Å². The number of hydrogen-bond donors (Lipinski definition) is 1. The smallest absolute Gasteiger partial charge is 0.341 e. The van der Waals surface area contributed by atoms with Gasteiger partial charge >= 0.3 is 5.97 Å². The number of nitrogens with two attached hydrogens (primary N) is 1. The molecule has 8 heteroatoms. The zero-order chi connectivity index (χ0) is 15.6. The second-order valence-corrected chi connectivity index (χ2v) is 4.64. The number of nitrogens with zero attached hydrogens (tertiary/aromatic N) is 3. The molecule has 0 unspecified atom stereocenters. The minimum absolute atomic E-state index is 0.0342. The second-order valence-electron chi connectivity index (χ2n) is 4.64. The maximum Gasteiger partial charge on any atom is 0.341 e. The fraction of sp³-hybridized carbons (Fsp3) is 0.308. The van der Waals surface area contributed by atoms with Crippen molar-refractivity contribution in [2.24, 2.45) is 0 Å². The van der Waals surface area contributed by atoms with Crippen LogP contribution in [0, 0.1) is 11.6 Å². The van der Waals surface area contributed by atoms with E-state index in [1.54, 1.807) is 4.68 Å². The van der Waals surface area contributed by atoms with Crippen molar-refractivity contribution in [3.8, 4) is 0 Å². The Kier molecular flexibility index (Phi) is 4.15. The zero-order valence-corrected chi connectivity index (χ0v) is 11.5. The molecular formula is C13H14F2N4O2. The van der Waals surface area contributed by atoms with E-state index in [-0.39, 0.29) is 18.3 Å². The van der Waals surface area contributed by atoms with Crippen molar-refractivity contribution < 1.29 is 18.3 Å². The third-order valence-corrected chi connectivity index (χ3v) is 2.78. The van der Waals surface area contributed by atoms with E-state index in [2.05, 4.69) is 10.1 Å². The zero-order valence-electron chi connectivity index (χ0n) is 11.5. The molecule has 2 rings (SSSR count). The summed E-state index contributed by atoms with van der Waals surface area (Å²) in [4.78, 5) is 15.7. The molecule has 0 saturated heterocycles. The fourth-order valence-corrected chi connectivity index (χ4v) is 1.74. The van der Waals surface area contributed by atoms with Crippen molar-refractivity contribution in [2.45, 2.75) is 26.5 Å². The quantitative estimate of drug-likeness (QED) is 0.690. The molecule has 0 fully saturated rings. The molecule has 6 nitrogen and oxygen atoms in total. The number of nitrogen functional groups attached to an aromatic ring is 1. The minimum atomic E-state index is -0.996. The van der Waals surface area contributed by atoms with Crippen LogP contribution in [0.15, 0.2) is 18.5 Å². The number of benzene rings is 1. The van der Waals surface area contributed by atoms with Crippen LogP contribution >= 0.6 is 0 Å². The van der Waals surface area contributed by atoms with Crippen LogP contribution in [-0.4, -0.2) is 20.7 Å². The lowest BCUT2D eigenvalue weighted by Gasteiger charge is -2.10. The molecule has 0 atom stereocenters. The van der Waals surface area contributed by atoms with Crippen molar-refractivity contribution >= 4 is 11.7 Å². The molecule has 112 valence electrons. The molecule has 0 saturated carbocycles. The van der Waals surface area contributed by atoms with Crippen LogP contribution in [0.3, 0.4) is 0 Å². The number of anilines is 1. The molecule has 0 aliphatic heterocycles. The van der Waals surface area contributed by atoms with Gasteiger partial charge in [-0.15, -0.1) is 0 Å². The van der Waals surface area contributed by atoms with Gasteiger partial charge in [0, 0.05) is 12.1 Å². The number of aromatic nitrogens is 3. The van der Waals surface area contributed by atoms with E-state index in [1.165, 1.54) is 6.33 Å². The Bertz CT molecular complexity index is 670. The number of carbonyl (C=O) groups excluding carboxylic acids is 1. The summed E-state index contributed by atoms with van der Waals surface area (Å²) in [6.07, 6.45) is 1.33. The Morgan fingerprint density at radius 1 is 1.38 bits per heavy atom. The highest BCUT2D eigenvalue weighted by atomic mass is 19.1. The third kappa shape index (κ3) is 3.15. The van der Waals surface area contributed by atoms with Gasteiger partial charge in [-0.25, -0.2) is 23.2 Å². The van der Waals surface area contributed by atoms with Crippen LogP contribution in [0.5, 0.6) is 0 Å². The van der Waals surface area contributed by atoms with Crippen molar-refractivity contribution in [3.63, 3.8) is 0 Å². The van der Waals surface area contributed by atoms with E-state index in [0.717, 1.165) is 6.07 Å². The molecular weight excluding hydrogens is 282 g/mol. The van der Waals surface area contributed by atoms with Gasteiger partial charge in [-0.2, -0.15) is 5.10 Å². The monoisotopic (exact) mass is 296 g/mol. The van der Waals surface area contributed by atoms with Gasteiger partial charge in [-0.3, -0.25) is 0 Å². The maximum absolute atomic E-state index is 13.6. The SMILES string of the molecule is CC(C)n1ncnc1COC(=O)c1cc(F)c(N)cc1F. The molecule has 1 aromatic heterocycles. The Hall–Kier alpha value is -2.51. The third-order valence-electron chi connectivity index (χ3n) is 2.78. The van der Waals surface area contributed by atoms with E-state index >= 15 is 0 Å². The first kappa shape index (κ1) is 14.9. The summed E-state index contributed by atoms with van der Waals surface area (Å²) < 4.78 is 33.3. The average Bonchev–Trinajstić information content (AvgIpc) is 2.88. The first-order valence-electron chi connectivity index (χ1n) is 6.20. The van der Waals surface area contributed by atoms with Gasteiger partial charge in [0.15, 0.2) is 12.4 Å². The normalized spacial score (nSPS) is 10.9. The van der Waals surface area contributed by atoms with Crippen molar-refractivity contribution in [3.05, 3.63) is 41.5 Å². The predicted molar refractivity (Wildman–Crippen MR) is 70.3 cm³/mol. The highest BCUT2D eigenvalue weighted by Crippen LogP contribution is 2.18. The lowest BCUT2D eigenvalue weighted by atomic mass is 10.2. The van der Waals surface area contributed by atoms with Gasteiger partial charge in [0.25, 0.3) is 0 Å². The number of esters is 1. The van der Waals surface area contributed by atoms with Crippen molar-refractivity contribution in [1.29, 1.82) is 0 Å². The molecule has 0 bridgehead atoms. The van der Waals surface area contributed by atoms with Crippen molar-refractivity contribution in [2.75, 3.05) is 5.73 Å². The molecule has 0 aliphatic rings. The molecule has 2 N–H and O–H groups in total. The Morgan fingerprint density at radius 3 is 2.76 bits per heavy atom. The first-order chi connectivity index (χ1) is 9.90. The lowest BCUT2D eigenvalue weighted by molar-refractivity contribution is 0.0449. The van der Waals surface area contributed by atoms with Gasteiger partial charge in [-0.05, 0) is 19.9 Å². The summed E-state index contributed by atoms with van der Waals surface area (Å²) in [5, 5.41) is 3.97. The summed E-state index contributed by atoms with van der Waals surface area (Å²) in [5.74, 6) is -2.41. The summed E-state index contributed by atoms with van der Waals surface area (Å²) in [6, 6.07) is 1.48. The Labute approximate surface area is 119 Å². The first-order valence-corrected chi connectivity index (χ1v) is 6.20. The molecule has 2 aromatic rings. The van der Waals surface area contributed by atoms with Crippen molar-refractivity contribution in [1.82, 2.24) is 14.8 Å². The van der Waals surface area contributed by atoms with Gasteiger partial charge in [0.2, 0.25) is 0 Å². The highest BCUT2D eigenvalue weighted by molar-refractivity contribution is 5.90. The number of ether oxygens (including phenoxy) is 1. The van der Waals surface area contributed by atoms with E-state index in [0.29, 0.717) is 11.9 Å². The minimum Gasteiger partial charge on any atom is -0.454 e. The van der Waals surface area contributed by atoms with Crippen LogP contribution in [0.1, 0.15) is 36.1 Å². The van der Waals surface area contributed by atoms with Gasteiger partial charge in [-0.1, -0.05) is 0 Å². The molecule has 0 aliphatic carbocycles. The van der Waals surface area contributed by atoms with Crippen LogP contribution in [0.25, 0.3) is 0 Å². The summed E-state index contributed by atoms with van der Waals surface area (Å²) in [6.45, 7) is 3.58. The molecule has 0 radical (unpaired) electrons. The Morgan fingerprint density at radius 2 is 2.10 bits per heavy atom. The van der Waals surface area contributed by atoms with Crippen LogP contribution < -0.4 is 5.73 Å². The number of carbonyl (C=O) groups is 1. The van der Waals surface area contributed by atoms with E-state index in [4.69, 9.17) is 10.5 Å². The van der Waals surface area contributed by atoms with Crippen LogP contribution in [0.4, 0.5) is 14.5 Å². The molecule has 1 heterocycles. The maximum atomic E-state index is 13.6. The van der Waals surface area contributed by atoms with Gasteiger partial charge < -0.3 is 10.5 Å². The standard InChI is InChI=1S/C13H14F2N4O2/c1-7(2)19-12(17-6-18-19)5-21-13(20)8-3-10(15)11(16)4-9(8)14/h3-4,6-7H,5,16H2,1-2H3. The summed E-state index contributed by atoms with van der Waals surface area (Å²) in [5.41, 5.74) is 4.32. The van der Waals surface area contributed by atoms with Gasteiger partial charge in [0.05, 0.1) is 11.3 Å². The molecule has 0 amide bonds. The van der Waals surface area contributed by atoms with E-state index in [1.807, 2.05) is 13.8 Å². The summed E-state index contributed by atoms with van der Waals surface area (Å²) in [7, 11) is 0. The average molecular weight is 296 g/mol. The molecule has 21 heavy (non-hydrogen) atoms. The van der Waals surface area contributed by atoms with Crippen LogP contribution in [-0.2, 0) is 11.3 Å². The number of halogens is 2. The van der Waals surface area contributed by atoms with Crippen LogP contribution in [0.2, 0.25) is 0 Å². The summed E-state index contributed by atoms with van der Waals surface area (Å²) >= 11 is 0. The second kappa shape index (κ2) is 5.86. The molecule has 0 spiro atoms.